The van der Waals surface area contributed by atoms with Crippen LogP contribution in [-0.4, -0.2) is 123 Å². The van der Waals surface area contributed by atoms with Gasteiger partial charge in [0, 0.05) is 44.1 Å². The maximum absolute atomic E-state index is 11.6. The maximum atomic E-state index is 11.6. The van der Waals surface area contributed by atoms with Crippen molar-refractivity contribution >= 4 is 41.0 Å². The van der Waals surface area contributed by atoms with Gasteiger partial charge in [0.15, 0.2) is 0 Å². The highest BCUT2D eigenvalue weighted by Gasteiger charge is 2.12. The minimum atomic E-state index is -0.282. The molecule has 1 rings (SSSR count). The lowest BCUT2D eigenvalue weighted by Crippen LogP contribution is -2.40. The van der Waals surface area contributed by atoms with Gasteiger partial charge in [-0.1, -0.05) is 50.0 Å². The molecule has 1 saturated heterocycles. The zero-order chi connectivity index (χ0) is 45.3. The van der Waals surface area contributed by atoms with Crippen molar-refractivity contribution in [3.63, 3.8) is 0 Å². The van der Waals surface area contributed by atoms with Crippen LogP contribution in [0.3, 0.4) is 0 Å². The van der Waals surface area contributed by atoms with Gasteiger partial charge in [-0.2, -0.15) is 13.5 Å². The van der Waals surface area contributed by atoms with Crippen molar-refractivity contribution < 1.29 is 42.3 Å². The Morgan fingerprint density at radius 3 is 1.23 bits per heavy atom. The Hall–Kier alpha value is 0.660. The number of rotatable bonds is 15. The number of nitrogens with one attached hydrogen (secondary N) is 1. The largest absolute Gasteiger partial charge is 0.394 e. The first-order valence-corrected chi connectivity index (χ1v) is 22.5. The van der Waals surface area contributed by atoms with E-state index in [9.17, 15) is 8.78 Å². The molecule has 57 heavy (non-hydrogen) atoms. The lowest BCUT2D eigenvalue weighted by Gasteiger charge is -2.21. The Labute approximate surface area is 374 Å². The number of hydrogen-bond donors (Lipinski definition) is 2. The molecule has 0 radical (unpaired) electrons. The van der Waals surface area contributed by atoms with E-state index in [-0.39, 0.29) is 67.6 Å². The summed E-state index contributed by atoms with van der Waals surface area (Å²) in [5.74, 6) is 1.41. The summed E-state index contributed by atoms with van der Waals surface area (Å²) in [7, 11) is 0. The van der Waals surface area contributed by atoms with E-state index in [0.717, 1.165) is 50.6 Å². The first-order chi connectivity index (χ1) is 25.5. The fraction of sp³-hybridized carbons (Fsp3) is 1.00. The van der Waals surface area contributed by atoms with Crippen LogP contribution in [0.1, 0.15) is 164 Å². The van der Waals surface area contributed by atoms with Crippen LogP contribution in [0.2, 0.25) is 0 Å². The fourth-order valence-electron chi connectivity index (χ4n) is 2.96. The van der Waals surface area contributed by atoms with E-state index in [1.54, 1.807) is 0 Å². The van der Waals surface area contributed by atoms with Crippen molar-refractivity contribution in [2.24, 2.45) is 5.92 Å². The monoisotopic (exact) mass is 938 g/mol. The van der Waals surface area contributed by atoms with Crippen LogP contribution >= 0.6 is 41.0 Å². The van der Waals surface area contributed by atoms with Gasteiger partial charge in [-0.25, -0.2) is 0 Å². The molecule has 0 aromatic heterocycles. The van der Waals surface area contributed by atoms with E-state index in [4.69, 9.17) is 45.1 Å². The molecule has 1 fully saturated rings. The molecule has 0 amide bonds. The van der Waals surface area contributed by atoms with Gasteiger partial charge in [-0.3, -0.25) is 8.78 Å². The highest BCUT2D eigenvalue weighted by Crippen LogP contribution is 2.09. The van der Waals surface area contributed by atoms with E-state index in [0.29, 0.717) is 38.5 Å². The van der Waals surface area contributed by atoms with Crippen LogP contribution in [0.4, 0.5) is 8.78 Å². The normalized spacial score (nSPS) is 14.2. The van der Waals surface area contributed by atoms with Crippen molar-refractivity contribution in [1.82, 2.24) is 5.32 Å². The number of halogens is 4. The molecular formula is C44H99BrClF2NO7S. The molecule has 0 spiro atoms. The third-order valence-electron chi connectivity index (χ3n) is 5.34. The molecule has 0 aliphatic carbocycles. The molecule has 0 saturated carbocycles. The molecule has 2 N–H and O–H groups in total. The van der Waals surface area contributed by atoms with Gasteiger partial charge < -0.3 is 38.8 Å². The summed E-state index contributed by atoms with van der Waals surface area (Å²) >= 11 is 8.66. The molecule has 0 aromatic carbocycles. The van der Waals surface area contributed by atoms with Crippen LogP contribution in [0.5, 0.6) is 0 Å². The number of aliphatic hydroxyl groups is 1. The second-order valence-corrected chi connectivity index (χ2v) is 19.8. The lowest BCUT2D eigenvalue weighted by molar-refractivity contribution is -0.00619. The molecule has 1 heterocycles. The summed E-state index contributed by atoms with van der Waals surface area (Å²) in [5.41, 5.74) is -0.149. The van der Waals surface area contributed by atoms with Crippen LogP contribution in [-0.2, 0) is 28.4 Å². The molecule has 1 aliphatic rings. The van der Waals surface area contributed by atoms with Crippen molar-refractivity contribution in [1.29, 1.82) is 0 Å². The summed E-state index contributed by atoms with van der Waals surface area (Å²) in [6.07, 6.45) is 4.39. The fourth-order valence-corrected chi connectivity index (χ4v) is 3.20. The van der Waals surface area contributed by atoms with Gasteiger partial charge in [-0.15, -0.1) is 11.6 Å². The van der Waals surface area contributed by atoms with Crippen LogP contribution in [0.25, 0.3) is 0 Å². The average molecular weight is 940 g/mol. The van der Waals surface area contributed by atoms with E-state index < -0.39 is 0 Å². The lowest BCUT2D eigenvalue weighted by atomic mass is 10.2. The zero-order valence-corrected chi connectivity index (χ0v) is 44.1. The van der Waals surface area contributed by atoms with Gasteiger partial charge in [0.1, 0.15) is 0 Å². The highest BCUT2D eigenvalue weighted by atomic mass is 79.9. The third-order valence-corrected chi connectivity index (χ3v) is 5.82. The molecule has 1 atom stereocenters. The van der Waals surface area contributed by atoms with Crippen LogP contribution < -0.4 is 5.32 Å². The SMILES string of the molecule is CC(C)(C)OCCBr.CC(C)(C)OCCCCF.CC(C)(C)OCCCF.CC(C)(C)OCCCl.CC(C)C.CCCCOC(C)(C)C.OC[C@@H]1CNCCO1.S. The molecule has 8 nitrogen and oxygen atoms in total. The number of morpholine rings is 1. The maximum Gasteiger partial charge on any atom is 0.0930 e. The van der Waals surface area contributed by atoms with Gasteiger partial charge >= 0.3 is 0 Å². The third kappa shape index (κ3) is 108. The summed E-state index contributed by atoms with van der Waals surface area (Å²) in [4.78, 5) is 0. The molecule has 0 unspecified atom stereocenters. The smallest absolute Gasteiger partial charge is 0.0930 e. The Bertz CT molecular complexity index is 698. The molecule has 13 heteroatoms. The number of ether oxygens (including phenoxy) is 6. The molecule has 0 bridgehead atoms. The molecular weight excluding hydrogens is 840 g/mol. The van der Waals surface area contributed by atoms with Crippen molar-refractivity contribution in [3.8, 4) is 0 Å². The summed E-state index contributed by atoms with van der Waals surface area (Å²) in [5, 5.41) is 12.5. The number of hydrogen-bond acceptors (Lipinski definition) is 8. The highest BCUT2D eigenvalue weighted by molar-refractivity contribution is 9.09. The van der Waals surface area contributed by atoms with Gasteiger partial charge in [0.25, 0.3) is 0 Å². The van der Waals surface area contributed by atoms with Gasteiger partial charge in [0.2, 0.25) is 0 Å². The topological polar surface area (TPSA) is 87.6 Å². The first-order valence-electron chi connectivity index (χ1n) is 20.8. The van der Waals surface area contributed by atoms with Gasteiger partial charge in [-0.05, 0) is 135 Å². The quantitative estimate of drug-likeness (QED) is 0.124. The zero-order valence-electron chi connectivity index (χ0n) is 40.8. The molecule has 1 aliphatic heterocycles. The standard InChI is InChI=1S/C8H17FO.C8H18O.C7H15FO.C6H13BrO.C6H13ClO.C5H11NO2.C4H10.H2S/c1-8(2,3)10-7-5-4-6-9;1-5-6-7-9-8(2,3)4;1-7(2,3)9-6-4-5-8;2*1-6(2,3)8-5-4-7;7-4-5-3-6-1-2-8-5;1-4(2)3;/h4-7H2,1-3H3;5-7H2,1-4H3;4-6H2,1-3H3;2*4-5H2,1-3H3;5-7H,1-4H2;4H,1-3H3;1H2/t;;;;;5-;;/m.....0../s1. The summed E-state index contributed by atoms with van der Waals surface area (Å²) in [6, 6.07) is 0. The van der Waals surface area contributed by atoms with Crippen molar-refractivity contribution in [2.45, 2.75) is 198 Å². The van der Waals surface area contributed by atoms with E-state index in [1.807, 2.05) is 62.3 Å². The van der Waals surface area contributed by atoms with Gasteiger partial charge in [0.05, 0.1) is 73.9 Å². The van der Waals surface area contributed by atoms with Crippen molar-refractivity contribution in [2.75, 3.05) is 83.9 Å². The van der Waals surface area contributed by atoms with E-state index >= 15 is 0 Å². The molecule has 0 aromatic rings. The van der Waals surface area contributed by atoms with Crippen molar-refractivity contribution in [3.05, 3.63) is 0 Å². The molecule has 356 valence electrons. The first kappa shape index (κ1) is 72.1. The Morgan fingerprint density at radius 2 is 1.00 bits per heavy atom. The predicted octanol–water partition coefficient (Wildman–Crippen LogP) is 12.3. The van der Waals surface area contributed by atoms with E-state index in [1.165, 1.54) is 12.8 Å². The second-order valence-electron chi connectivity index (χ2n) is 18.6. The van der Waals surface area contributed by atoms with Crippen LogP contribution in [0.15, 0.2) is 0 Å². The predicted molar refractivity (Wildman–Crippen MR) is 254 cm³/mol. The Balaban J connectivity index is -0.000000103. The van der Waals surface area contributed by atoms with Crippen LogP contribution in [0, 0.1) is 5.92 Å². The number of unbranched alkanes of at least 4 members (excludes halogenated alkanes) is 2. The minimum Gasteiger partial charge on any atom is -0.394 e. The second kappa shape index (κ2) is 46.2. The average Bonchev–Trinajstić information content (AvgIpc) is 3.04. The summed E-state index contributed by atoms with van der Waals surface area (Å²) in [6.45, 7) is 44.6. The number of aliphatic hydroxyl groups excluding tert-OH is 1. The summed E-state index contributed by atoms with van der Waals surface area (Å²) < 4.78 is 54.8. The number of alkyl halides is 4. The Morgan fingerprint density at radius 1 is 0.649 bits per heavy atom. The minimum absolute atomic E-state index is 0. The van der Waals surface area contributed by atoms with E-state index in [2.05, 4.69) is 90.5 Å². The Kier molecular flexibility index (Phi) is 58.4.